The van der Waals surface area contributed by atoms with E-state index in [9.17, 15) is 27.6 Å². The molecule has 1 heterocycles. The molecule has 0 radical (unpaired) electrons. The van der Waals surface area contributed by atoms with Crippen LogP contribution in [0.5, 0.6) is 0 Å². The fourth-order valence-electron chi connectivity index (χ4n) is 3.46. The van der Waals surface area contributed by atoms with Crippen LogP contribution in [0.2, 0.25) is 0 Å². The summed E-state index contributed by atoms with van der Waals surface area (Å²) in [6.07, 6.45) is -2.53. The van der Waals surface area contributed by atoms with Gasteiger partial charge in [0.2, 0.25) is 17.6 Å². The molecule has 10 heteroatoms. The summed E-state index contributed by atoms with van der Waals surface area (Å²) in [4.78, 5) is 40.9. The van der Waals surface area contributed by atoms with Crippen LogP contribution in [0, 0.1) is 0 Å². The molecular formula is C26H26F3N3O3S. The Morgan fingerprint density at radius 3 is 2.44 bits per heavy atom. The van der Waals surface area contributed by atoms with E-state index in [0.29, 0.717) is 6.42 Å². The number of pyridine rings is 1. The molecule has 0 aliphatic rings. The number of rotatable bonds is 12. The zero-order chi connectivity index (χ0) is 26.0. The minimum absolute atomic E-state index is 0.0913. The Morgan fingerprint density at radius 2 is 1.69 bits per heavy atom. The van der Waals surface area contributed by atoms with Crippen molar-refractivity contribution < 1.29 is 27.6 Å². The highest BCUT2D eigenvalue weighted by molar-refractivity contribution is 7.99. The quantitative estimate of drug-likeness (QED) is 0.351. The summed E-state index contributed by atoms with van der Waals surface area (Å²) in [5.41, 5.74) is 2.41. The van der Waals surface area contributed by atoms with Gasteiger partial charge in [0, 0.05) is 18.1 Å². The number of fused-ring (bicyclic) bond motifs is 1. The third-order valence-electron chi connectivity index (χ3n) is 5.30. The number of carbonyl (C=O) groups is 3. The largest absolute Gasteiger partial charge is 0.450 e. The van der Waals surface area contributed by atoms with Crippen LogP contribution in [0.1, 0.15) is 24.0 Å². The molecule has 36 heavy (non-hydrogen) atoms. The third kappa shape index (κ3) is 8.67. The number of alkyl halides is 3. The van der Waals surface area contributed by atoms with Gasteiger partial charge in [0.05, 0.1) is 17.7 Å². The fraction of sp³-hybridized carbons (Fsp3) is 0.308. The zero-order valence-corrected chi connectivity index (χ0v) is 20.2. The number of nitrogens with zero attached hydrogens (tertiary/aromatic N) is 1. The van der Waals surface area contributed by atoms with Crippen molar-refractivity contribution in [3.63, 3.8) is 0 Å². The molecule has 3 aromatic rings. The van der Waals surface area contributed by atoms with Crippen LogP contribution >= 0.6 is 11.8 Å². The molecule has 0 saturated heterocycles. The first-order valence-electron chi connectivity index (χ1n) is 11.3. The monoisotopic (exact) mass is 517 g/mol. The van der Waals surface area contributed by atoms with Crippen molar-refractivity contribution >= 4 is 40.3 Å². The first-order chi connectivity index (χ1) is 17.2. The van der Waals surface area contributed by atoms with Gasteiger partial charge in [-0.05, 0) is 41.9 Å². The first-order valence-corrected chi connectivity index (χ1v) is 12.5. The summed E-state index contributed by atoms with van der Waals surface area (Å²) >= 11 is 0.853. The second kappa shape index (κ2) is 13.1. The van der Waals surface area contributed by atoms with Gasteiger partial charge in [0.1, 0.15) is 6.04 Å². The lowest BCUT2D eigenvalue weighted by molar-refractivity contribution is -0.167. The molecule has 0 aliphatic heterocycles. The highest BCUT2D eigenvalue weighted by atomic mass is 32.2. The normalized spacial score (nSPS) is 12.2. The number of halogens is 3. The number of para-hydroxylation sites is 1. The molecule has 190 valence electrons. The van der Waals surface area contributed by atoms with Crippen molar-refractivity contribution in [2.75, 3.05) is 11.5 Å². The van der Waals surface area contributed by atoms with Crippen LogP contribution in [0.4, 0.5) is 13.2 Å². The number of Topliss-reactive ketones (excluding diaryl/α,β-unsaturated/α-hetero) is 1. The molecule has 0 spiro atoms. The van der Waals surface area contributed by atoms with Crippen molar-refractivity contribution in [2.24, 2.45) is 0 Å². The van der Waals surface area contributed by atoms with Gasteiger partial charge in [0.15, 0.2) is 0 Å². The van der Waals surface area contributed by atoms with Crippen molar-refractivity contribution in [2.45, 2.75) is 38.0 Å². The Hall–Kier alpha value is -3.40. The molecule has 2 aromatic carbocycles. The van der Waals surface area contributed by atoms with Crippen molar-refractivity contribution in [1.29, 1.82) is 0 Å². The van der Waals surface area contributed by atoms with E-state index in [2.05, 4.69) is 15.6 Å². The summed E-state index contributed by atoms with van der Waals surface area (Å²) in [5.74, 6) is -2.96. The summed E-state index contributed by atoms with van der Waals surface area (Å²) in [6.45, 7) is 0.205. The number of ketones is 1. The van der Waals surface area contributed by atoms with E-state index in [4.69, 9.17) is 0 Å². The van der Waals surface area contributed by atoms with Crippen LogP contribution in [0.25, 0.3) is 10.9 Å². The van der Waals surface area contributed by atoms with Crippen molar-refractivity contribution in [3.8, 4) is 0 Å². The smallest absolute Gasteiger partial charge is 0.350 e. The lowest BCUT2D eigenvalue weighted by Crippen LogP contribution is -2.47. The molecule has 0 unspecified atom stereocenters. The SMILES string of the molecule is O=C(Cc1ccccc1)N[C@@H](CCCSCC(=O)C(F)(F)F)C(=O)NCc1cnc2ccccc2c1. The minimum Gasteiger partial charge on any atom is -0.350 e. The molecule has 3 rings (SSSR count). The molecule has 2 N–H and O–H groups in total. The Bertz CT molecular complexity index is 1190. The van der Waals surface area contributed by atoms with Crippen molar-refractivity contribution in [1.82, 2.24) is 15.6 Å². The number of hydrogen-bond acceptors (Lipinski definition) is 5. The van der Waals surface area contributed by atoms with E-state index in [1.807, 2.05) is 48.5 Å². The van der Waals surface area contributed by atoms with E-state index in [-0.39, 0.29) is 31.0 Å². The molecule has 0 aliphatic carbocycles. The van der Waals surface area contributed by atoms with E-state index in [1.165, 1.54) is 0 Å². The Kier molecular flexibility index (Phi) is 9.86. The number of benzene rings is 2. The lowest BCUT2D eigenvalue weighted by atomic mass is 10.1. The second-order valence-corrected chi connectivity index (χ2v) is 9.26. The van der Waals surface area contributed by atoms with Crippen LogP contribution < -0.4 is 10.6 Å². The van der Waals surface area contributed by atoms with Gasteiger partial charge in [-0.25, -0.2) is 0 Å². The number of carbonyl (C=O) groups excluding carboxylic acids is 3. The van der Waals surface area contributed by atoms with Crippen molar-refractivity contribution in [3.05, 3.63) is 78.0 Å². The maximum atomic E-state index is 12.9. The minimum atomic E-state index is -4.85. The van der Waals surface area contributed by atoms with E-state index >= 15 is 0 Å². The Balaban J connectivity index is 1.56. The number of thioether (sulfide) groups is 1. The molecule has 1 atom stereocenters. The van der Waals surface area contributed by atoms with Gasteiger partial charge in [-0.15, -0.1) is 0 Å². The predicted molar refractivity (Wildman–Crippen MR) is 133 cm³/mol. The highest BCUT2D eigenvalue weighted by Crippen LogP contribution is 2.19. The molecule has 1 aromatic heterocycles. The maximum Gasteiger partial charge on any atom is 0.450 e. The number of aromatic nitrogens is 1. The fourth-order valence-corrected chi connectivity index (χ4v) is 4.32. The summed E-state index contributed by atoms with van der Waals surface area (Å²) in [5, 5.41) is 6.47. The van der Waals surface area contributed by atoms with Crippen LogP contribution in [0.3, 0.4) is 0 Å². The van der Waals surface area contributed by atoms with Gasteiger partial charge in [0.25, 0.3) is 0 Å². The van der Waals surface area contributed by atoms with E-state index in [1.54, 1.807) is 18.3 Å². The molecule has 0 bridgehead atoms. The number of hydrogen-bond donors (Lipinski definition) is 2. The van der Waals surface area contributed by atoms with Crippen LogP contribution in [0.15, 0.2) is 66.9 Å². The van der Waals surface area contributed by atoms with Crippen LogP contribution in [-0.2, 0) is 27.3 Å². The highest BCUT2D eigenvalue weighted by Gasteiger charge is 2.37. The van der Waals surface area contributed by atoms with Gasteiger partial charge in [-0.2, -0.15) is 24.9 Å². The lowest BCUT2D eigenvalue weighted by Gasteiger charge is -2.19. The maximum absolute atomic E-state index is 12.9. The number of amides is 2. The number of nitrogens with one attached hydrogen (secondary N) is 2. The second-order valence-electron chi connectivity index (χ2n) is 8.15. The molecule has 6 nitrogen and oxygen atoms in total. The van der Waals surface area contributed by atoms with Gasteiger partial charge in [-0.1, -0.05) is 48.5 Å². The molecule has 2 amide bonds. The third-order valence-corrected chi connectivity index (χ3v) is 6.35. The average Bonchev–Trinajstić information content (AvgIpc) is 2.86. The topological polar surface area (TPSA) is 88.2 Å². The van der Waals surface area contributed by atoms with Gasteiger partial charge in [-0.3, -0.25) is 19.4 Å². The molecular weight excluding hydrogens is 491 g/mol. The zero-order valence-electron chi connectivity index (χ0n) is 19.4. The van der Waals surface area contributed by atoms with E-state index in [0.717, 1.165) is 33.8 Å². The van der Waals surface area contributed by atoms with Gasteiger partial charge >= 0.3 is 6.18 Å². The van der Waals surface area contributed by atoms with E-state index < -0.39 is 29.7 Å². The van der Waals surface area contributed by atoms with Gasteiger partial charge < -0.3 is 10.6 Å². The summed E-state index contributed by atoms with van der Waals surface area (Å²) in [6, 6.07) is 17.7. The molecule has 0 fully saturated rings. The molecule has 0 saturated carbocycles. The Labute approximate surface area is 211 Å². The van der Waals surface area contributed by atoms with Crippen LogP contribution in [-0.4, -0.2) is 46.3 Å². The standard InChI is InChI=1S/C26H26F3N3O3S/c27-26(28,29)23(33)17-36-12-6-11-22(32-24(34)14-18-7-2-1-3-8-18)25(35)31-16-19-13-20-9-4-5-10-21(20)30-15-19/h1-5,7-10,13,15,22H,6,11-12,14,16-17H2,(H,31,35)(H,32,34)/t22-/m0/s1. The predicted octanol–water partition coefficient (Wildman–Crippen LogP) is 4.22. The summed E-state index contributed by atoms with van der Waals surface area (Å²) in [7, 11) is 0. The summed E-state index contributed by atoms with van der Waals surface area (Å²) < 4.78 is 37.1. The Morgan fingerprint density at radius 1 is 0.972 bits per heavy atom. The average molecular weight is 518 g/mol. The first kappa shape index (κ1) is 27.2.